The topological polar surface area (TPSA) is 63.4 Å². The van der Waals surface area contributed by atoms with Crippen LogP contribution in [0.15, 0.2) is 24.3 Å². The Kier molecular flexibility index (Phi) is 6.17. The molecule has 0 bridgehead atoms. The van der Waals surface area contributed by atoms with Crippen LogP contribution in [-0.4, -0.2) is 35.7 Å². The molecule has 1 aliphatic rings. The molecule has 5 heteroatoms. The fourth-order valence-corrected chi connectivity index (χ4v) is 2.28. The van der Waals surface area contributed by atoms with Gasteiger partial charge in [-0.3, -0.25) is 9.59 Å². The quantitative estimate of drug-likeness (QED) is 0.864. The van der Waals surface area contributed by atoms with Gasteiger partial charge in [0.2, 0.25) is 5.91 Å². The molecular formula is C15H21ClN2O2. The van der Waals surface area contributed by atoms with Crippen molar-refractivity contribution in [3.8, 4) is 0 Å². The molecule has 0 spiro atoms. The van der Waals surface area contributed by atoms with Crippen molar-refractivity contribution in [2.75, 3.05) is 13.1 Å². The lowest BCUT2D eigenvalue weighted by Gasteiger charge is -2.15. The van der Waals surface area contributed by atoms with Gasteiger partial charge in [-0.15, -0.1) is 12.4 Å². The van der Waals surface area contributed by atoms with E-state index in [1.807, 2.05) is 31.2 Å². The van der Waals surface area contributed by atoms with Gasteiger partial charge in [0.05, 0.1) is 0 Å². The van der Waals surface area contributed by atoms with E-state index >= 15 is 0 Å². The summed E-state index contributed by atoms with van der Waals surface area (Å²) in [6.45, 7) is 3.32. The van der Waals surface area contributed by atoms with Crippen molar-refractivity contribution in [3.05, 3.63) is 35.4 Å². The predicted octanol–water partition coefficient (Wildman–Crippen LogP) is 1.94. The van der Waals surface area contributed by atoms with Crippen LogP contribution in [-0.2, 0) is 4.79 Å². The predicted molar refractivity (Wildman–Crippen MR) is 81.2 cm³/mol. The number of rotatable bonds is 4. The summed E-state index contributed by atoms with van der Waals surface area (Å²) in [5.41, 5.74) is 7.56. The molecule has 1 heterocycles. The van der Waals surface area contributed by atoms with E-state index in [1.54, 1.807) is 4.90 Å². The summed E-state index contributed by atoms with van der Waals surface area (Å²) in [5.74, 6) is 0.0604. The number of aryl methyl sites for hydroxylation is 1. The highest BCUT2D eigenvalue weighted by Gasteiger charge is 2.23. The fraction of sp³-hybridized carbons (Fsp3) is 0.467. The second kappa shape index (κ2) is 7.41. The highest BCUT2D eigenvalue weighted by Crippen LogP contribution is 2.12. The van der Waals surface area contributed by atoms with E-state index in [1.165, 1.54) is 0 Å². The van der Waals surface area contributed by atoms with Gasteiger partial charge in [-0.05, 0) is 13.3 Å². The van der Waals surface area contributed by atoms with Crippen molar-refractivity contribution >= 4 is 24.1 Å². The van der Waals surface area contributed by atoms with E-state index in [0.717, 1.165) is 18.5 Å². The molecule has 0 unspecified atom stereocenters. The van der Waals surface area contributed by atoms with Gasteiger partial charge in [0.15, 0.2) is 5.78 Å². The zero-order valence-electron chi connectivity index (χ0n) is 11.7. The SMILES string of the molecule is Cc1ccc(C(=O)CCC(=O)N2CC[C@@H](N)C2)cc1.Cl. The van der Waals surface area contributed by atoms with Crippen molar-refractivity contribution in [1.29, 1.82) is 0 Å². The Morgan fingerprint density at radius 2 is 1.90 bits per heavy atom. The maximum Gasteiger partial charge on any atom is 0.223 e. The zero-order valence-corrected chi connectivity index (χ0v) is 12.5. The van der Waals surface area contributed by atoms with Crippen LogP contribution < -0.4 is 5.73 Å². The highest BCUT2D eigenvalue weighted by molar-refractivity contribution is 5.98. The van der Waals surface area contributed by atoms with Crippen molar-refractivity contribution in [2.24, 2.45) is 5.73 Å². The summed E-state index contributed by atoms with van der Waals surface area (Å²) in [6, 6.07) is 7.54. The number of Topliss-reactive ketones (excluding diaryl/α,β-unsaturated/α-hetero) is 1. The summed E-state index contributed by atoms with van der Waals surface area (Å²) in [5, 5.41) is 0. The van der Waals surface area contributed by atoms with Crippen LogP contribution >= 0.6 is 12.4 Å². The Morgan fingerprint density at radius 1 is 1.25 bits per heavy atom. The number of amides is 1. The third-order valence-electron chi connectivity index (χ3n) is 3.52. The van der Waals surface area contributed by atoms with Crippen molar-refractivity contribution < 1.29 is 9.59 Å². The van der Waals surface area contributed by atoms with E-state index in [4.69, 9.17) is 5.73 Å². The number of nitrogens with zero attached hydrogens (tertiary/aromatic N) is 1. The third kappa shape index (κ3) is 4.32. The lowest BCUT2D eigenvalue weighted by atomic mass is 10.0. The number of carbonyl (C=O) groups excluding carboxylic acids is 2. The first-order valence-electron chi connectivity index (χ1n) is 6.69. The molecule has 1 aromatic carbocycles. The molecular weight excluding hydrogens is 276 g/mol. The number of halogens is 1. The van der Waals surface area contributed by atoms with Crippen molar-refractivity contribution in [2.45, 2.75) is 32.2 Å². The van der Waals surface area contributed by atoms with Gasteiger partial charge in [0, 0.05) is 37.5 Å². The first-order chi connectivity index (χ1) is 9.06. The molecule has 1 aliphatic heterocycles. The van der Waals surface area contributed by atoms with Crippen LogP contribution in [0.3, 0.4) is 0 Å². The number of likely N-dealkylation sites (tertiary alicyclic amines) is 1. The highest BCUT2D eigenvalue weighted by atomic mass is 35.5. The summed E-state index contributed by atoms with van der Waals surface area (Å²) in [6.07, 6.45) is 1.41. The average Bonchev–Trinajstić information content (AvgIpc) is 2.83. The van der Waals surface area contributed by atoms with Crippen LogP contribution in [0.2, 0.25) is 0 Å². The summed E-state index contributed by atoms with van der Waals surface area (Å²) >= 11 is 0. The molecule has 20 heavy (non-hydrogen) atoms. The van der Waals surface area contributed by atoms with Crippen LogP contribution in [0.5, 0.6) is 0 Å². The molecule has 1 aromatic rings. The molecule has 0 saturated carbocycles. The summed E-state index contributed by atoms with van der Waals surface area (Å²) in [7, 11) is 0. The average molecular weight is 297 g/mol. The van der Waals surface area contributed by atoms with E-state index in [-0.39, 0.29) is 43.0 Å². The monoisotopic (exact) mass is 296 g/mol. The molecule has 1 amide bonds. The van der Waals surface area contributed by atoms with Crippen molar-refractivity contribution in [1.82, 2.24) is 4.90 Å². The largest absolute Gasteiger partial charge is 0.341 e. The van der Waals surface area contributed by atoms with Crippen LogP contribution in [0.1, 0.15) is 35.2 Å². The molecule has 1 atom stereocenters. The molecule has 0 aliphatic carbocycles. The minimum Gasteiger partial charge on any atom is -0.341 e. The van der Waals surface area contributed by atoms with Gasteiger partial charge < -0.3 is 10.6 Å². The number of ketones is 1. The Labute approximate surface area is 125 Å². The Hall–Kier alpha value is -1.39. The number of hydrogen-bond acceptors (Lipinski definition) is 3. The molecule has 0 radical (unpaired) electrons. The molecule has 4 nitrogen and oxygen atoms in total. The first kappa shape index (κ1) is 16.7. The molecule has 1 saturated heterocycles. The lowest BCUT2D eigenvalue weighted by Crippen LogP contribution is -2.32. The lowest BCUT2D eigenvalue weighted by molar-refractivity contribution is -0.130. The first-order valence-corrected chi connectivity index (χ1v) is 6.69. The third-order valence-corrected chi connectivity index (χ3v) is 3.52. The molecule has 110 valence electrons. The smallest absolute Gasteiger partial charge is 0.223 e. The van der Waals surface area contributed by atoms with Crippen LogP contribution in [0.25, 0.3) is 0 Å². The van der Waals surface area contributed by atoms with E-state index in [9.17, 15) is 9.59 Å². The summed E-state index contributed by atoms with van der Waals surface area (Å²) in [4.78, 5) is 25.6. The van der Waals surface area contributed by atoms with Gasteiger partial charge in [-0.1, -0.05) is 29.8 Å². The van der Waals surface area contributed by atoms with Crippen LogP contribution in [0, 0.1) is 6.92 Å². The normalized spacial score (nSPS) is 17.7. The fourth-order valence-electron chi connectivity index (χ4n) is 2.28. The number of benzene rings is 1. The number of nitrogens with two attached hydrogens (primary N) is 1. The van der Waals surface area contributed by atoms with Gasteiger partial charge in [-0.25, -0.2) is 0 Å². The maximum absolute atomic E-state index is 11.9. The zero-order chi connectivity index (χ0) is 13.8. The molecule has 2 N–H and O–H groups in total. The summed E-state index contributed by atoms with van der Waals surface area (Å²) < 4.78 is 0. The maximum atomic E-state index is 11.9. The Morgan fingerprint density at radius 3 is 2.45 bits per heavy atom. The minimum atomic E-state index is 0. The van der Waals surface area contributed by atoms with Gasteiger partial charge in [-0.2, -0.15) is 0 Å². The molecule has 1 fully saturated rings. The number of hydrogen-bond donors (Lipinski definition) is 1. The molecule has 0 aromatic heterocycles. The second-order valence-corrected chi connectivity index (χ2v) is 5.18. The van der Waals surface area contributed by atoms with E-state index in [2.05, 4.69) is 0 Å². The van der Waals surface area contributed by atoms with E-state index in [0.29, 0.717) is 12.1 Å². The Balaban J connectivity index is 0.00000200. The van der Waals surface area contributed by atoms with E-state index < -0.39 is 0 Å². The second-order valence-electron chi connectivity index (χ2n) is 5.18. The van der Waals surface area contributed by atoms with Crippen molar-refractivity contribution in [3.63, 3.8) is 0 Å². The minimum absolute atomic E-state index is 0. The number of carbonyl (C=O) groups is 2. The van der Waals surface area contributed by atoms with Gasteiger partial charge >= 0.3 is 0 Å². The standard InChI is InChI=1S/C15H20N2O2.ClH/c1-11-2-4-12(5-3-11)14(18)6-7-15(19)17-9-8-13(16)10-17;/h2-5,13H,6-10,16H2,1H3;1H/t13-;/m1./s1. The molecule has 2 rings (SSSR count). The van der Waals surface area contributed by atoms with Gasteiger partial charge in [0.1, 0.15) is 0 Å². The van der Waals surface area contributed by atoms with Gasteiger partial charge in [0.25, 0.3) is 0 Å². The van der Waals surface area contributed by atoms with Crippen LogP contribution in [0.4, 0.5) is 0 Å². The Bertz CT molecular complexity index is 473.